The Morgan fingerprint density at radius 1 is 1.60 bits per heavy atom. The molecule has 0 amide bonds. The molecule has 1 rings (SSSR count). The maximum atomic E-state index is 9.34. The van der Waals surface area contributed by atoms with E-state index in [0.717, 1.165) is 6.42 Å². The van der Waals surface area contributed by atoms with Gasteiger partial charge in [0, 0.05) is 18.6 Å². The van der Waals surface area contributed by atoms with Gasteiger partial charge in [-0.2, -0.15) is 0 Å². The van der Waals surface area contributed by atoms with Crippen molar-refractivity contribution >= 4 is 7.85 Å². The third-order valence-electron chi connectivity index (χ3n) is 2.44. The molecule has 0 radical (unpaired) electrons. The zero-order chi connectivity index (χ0) is 7.72. The van der Waals surface area contributed by atoms with E-state index in [2.05, 4.69) is 0 Å². The summed E-state index contributed by atoms with van der Waals surface area (Å²) >= 11 is 0. The van der Waals surface area contributed by atoms with Crippen molar-refractivity contribution in [2.45, 2.75) is 24.4 Å². The van der Waals surface area contributed by atoms with Gasteiger partial charge in [-0.05, 0) is 6.42 Å². The van der Waals surface area contributed by atoms with Gasteiger partial charge < -0.3 is 15.9 Å². The van der Waals surface area contributed by atoms with Gasteiger partial charge in [-0.3, -0.25) is 0 Å². The summed E-state index contributed by atoms with van der Waals surface area (Å²) in [6, 6.07) is -0.142. The van der Waals surface area contributed by atoms with Crippen molar-refractivity contribution < 1.29 is 10.2 Å². The van der Waals surface area contributed by atoms with Crippen LogP contribution in [0.1, 0.15) is 6.42 Å². The average Bonchev–Trinajstić information content (AvgIpc) is 2.17. The van der Waals surface area contributed by atoms with Gasteiger partial charge in [0.15, 0.2) is 0 Å². The summed E-state index contributed by atoms with van der Waals surface area (Å²) in [6.45, 7) is 0.0548. The van der Waals surface area contributed by atoms with Crippen LogP contribution < -0.4 is 5.73 Å². The molecule has 1 fully saturated rings. The molecule has 0 saturated heterocycles. The molecule has 4 heteroatoms. The van der Waals surface area contributed by atoms with Gasteiger partial charge in [0.05, 0.1) is 6.10 Å². The van der Waals surface area contributed by atoms with Gasteiger partial charge in [0.1, 0.15) is 7.85 Å². The third-order valence-corrected chi connectivity index (χ3v) is 2.44. The molecule has 0 bridgehead atoms. The van der Waals surface area contributed by atoms with Gasteiger partial charge in [-0.25, -0.2) is 0 Å². The summed E-state index contributed by atoms with van der Waals surface area (Å²) in [4.78, 5) is 0. The molecule has 1 saturated carbocycles. The van der Waals surface area contributed by atoms with Crippen LogP contribution in [0.5, 0.6) is 0 Å². The number of hydrogen-bond acceptors (Lipinski definition) is 3. The Bertz CT molecular complexity index is 122. The van der Waals surface area contributed by atoms with Crippen LogP contribution in [-0.4, -0.2) is 36.8 Å². The van der Waals surface area contributed by atoms with Gasteiger partial charge in [0.2, 0.25) is 0 Å². The minimum atomic E-state index is -0.500. The standard InChI is InChI=1S/C6H14BNO2/c7-4-1-3(2-9)6(10)5(4)8/h3-6,9-10H,1-2,7-8H2/t3-,4-,5+,6-/m1/s1. The van der Waals surface area contributed by atoms with Crippen LogP contribution in [0.4, 0.5) is 0 Å². The van der Waals surface area contributed by atoms with Crippen LogP contribution in [0, 0.1) is 5.92 Å². The molecular formula is C6H14BNO2. The van der Waals surface area contributed by atoms with E-state index in [4.69, 9.17) is 10.8 Å². The van der Waals surface area contributed by atoms with E-state index in [1.807, 2.05) is 7.85 Å². The predicted octanol–water partition coefficient (Wildman–Crippen LogP) is -1.89. The summed E-state index contributed by atoms with van der Waals surface area (Å²) < 4.78 is 0. The van der Waals surface area contributed by atoms with E-state index in [1.54, 1.807) is 0 Å². The van der Waals surface area contributed by atoms with Crippen LogP contribution in [0.3, 0.4) is 0 Å². The molecule has 4 atom stereocenters. The van der Waals surface area contributed by atoms with E-state index < -0.39 is 6.10 Å². The van der Waals surface area contributed by atoms with E-state index in [0.29, 0.717) is 5.82 Å². The van der Waals surface area contributed by atoms with E-state index in [9.17, 15) is 5.11 Å². The molecule has 0 aromatic heterocycles. The Balaban J connectivity index is 2.53. The molecule has 0 spiro atoms. The summed E-state index contributed by atoms with van der Waals surface area (Å²) in [5.74, 6) is 0.345. The van der Waals surface area contributed by atoms with E-state index in [-0.39, 0.29) is 18.6 Å². The molecule has 4 N–H and O–H groups in total. The van der Waals surface area contributed by atoms with Crippen LogP contribution in [0.2, 0.25) is 5.82 Å². The lowest BCUT2D eigenvalue weighted by Gasteiger charge is -2.14. The number of aliphatic hydroxyl groups excluding tert-OH is 2. The van der Waals surface area contributed by atoms with Crippen LogP contribution in [0.15, 0.2) is 0 Å². The molecule has 0 aliphatic heterocycles. The highest BCUT2D eigenvalue weighted by Gasteiger charge is 2.36. The molecule has 0 unspecified atom stereocenters. The number of hydrogen-bond donors (Lipinski definition) is 3. The number of aliphatic hydroxyl groups is 2. The maximum Gasteiger partial charge on any atom is 0.107 e. The fraction of sp³-hybridized carbons (Fsp3) is 1.00. The molecule has 3 nitrogen and oxygen atoms in total. The monoisotopic (exact) mass is 143 g/mol. The Kier molecular flexibility index (Phi) is 2.34. The predicted molar refractivity (Wildman–Crippen MR) is 41.5 cm³/mol. The third kappa shape index (κ3) is 1.19. The van der Waals surface area contributed by atoms with Crippen molar-refractivity contribution in [3.8, 4) is 0 Å². The van der Waals surface area contributed by atoms with Gasteiger partial charge in [-0.15, -0.1) is 0 Å². The quantitative estimate of drug-likeness (QED) is 0.376. The molecule has 10 heavy (non-hydrogen) atoms. The lowest BCUT2D eigenvalue weighted by atomic mass is 9.83. The van der Waals surface area contributed by atoms with Crippen molar-refractivity contribution in [2.75, 3.05) is 6.61 Å². The van der Waals surface area contributed by atoms with Crippen molar-refractivity contribution in [1.82, 2.24) is 0 Å². The van der Waals surface area contributed by atoms with Crippen molar-refractivity contribution in [3.63, 3.8) is 0 Å². The Morgan fingerprint density at radius 2 is 2.20 bits per heavy atom. The van der Waals surface area contributed by atoms with Gasteiger partial charge in [0.25, 0.3) is 0 Å². The zero-order valence-corrected chi connectivity index (χ0v) is 6.20. The maximum absolute atomic E-state index is 9.34. The first-order valence-corrected chi connectivity index (χ1v) is 3.71. The fourth-order valence-corrected chi connectivity index (χ4v) is 1.61. The second kappa shape index (κ2) is 2.90. The second-order valence-electron chi connectivity index (χ2n) is 3.22. The first-order chi connectivity index (χ1) is 4.66. The Labute approximate surface area is 61.6 Å². The van der Waals surface area contributed by atoms with Crippen LogP contribution in [0.25, 0.3) is 0 Å². The van der Waals surface area contributed by atoms with Crippen molar-refractivity contribution in [1.29, 1.82) is 0 Å². The highest BCUT2D eigenvalue weighted by atomic mass is 16.3. The fourth-order valence-electron chi connectivity index (χ4n) is 1.61. The minimum Gasteiger partial charge on any atom is -0.396 e. The Morgan fingerprint density at radius 3 is 2.40 bits per heavy atom. The molecule has 0 heterocycles. The van der Waals surface area contributed by atoms with Gasteiger partial charge >= 0.3 is 0 Å². The largest absolute Gasteiger partial charge is 0.396 e. The number of rotatable bonds is 1. The van der Waals surface area contributed by atoms with Gasteiger partial charge in [-0.1, -0.05) is 5.82 Å². The van der Waals surface area contributed by atoms with E-state index >= 15 is 0 Å². The molecular weight excluding hydrogens is 129 g/mol. The molecule has 0 aromatic rings. The average molecular weight is 143 g/mol. The summed E-state index contributed by atoms with van der Waals surface area (Å²) in [5, 5.41) is 18.1. The minimum absolute atomic E-state index is 0.00463. The molecule has 0 aromatic carbocycles. The van der Waals surface area contributed by atoms with Crippen molar-refractivity contribution in [3.05, 3.63) is 0 Å². The molecule has 58 valence electrons. The Hall–Kier alpha value is -0.0551. The normalized spacial score (nSPS) is 47.9. The summed E-state index contributed by atoms with van der Waals surface area (Å²) in [7, 11) is 2.00. The number of nitrogens with two attached hydrogens (primary N) is 1. The first-order valence-electron chi connectivity index (χ1n) is 3.71. The lowest BCUT2D eigenvalue weighted by molar-refractivity contribution is 0.0810. The highest BCUT2D eigenvalue weighted by molar-refractivity contribution is 6.12. The lowest BCUT2D eigenvalue weighted by Crippen LogP contribution is -2.35. The second-order valence-corrected chi connectivity index (χ2v) is 3.22. The van der Waals surface area contributed by atoms with E-state index in [1.165, 1.54) is 0 Å². The SMILES string of the molecule is B[C@@H]1C[C@H](CO)[C@@H](O)[C@H]1N. The zero-order valence-electron chi connectivity index (χ0n) is 6.20. The first kappa shape index (κ1) is 8.05. The molecule has 1 aliphatic carbocycles. The van der Waals surface area contributed by atoms with Crippen molar-refractivity contribution in [2.24, 2.45) is 11.7 Å². The smallest absolute Gasteiger partial charge is 0.107 e. The van der Waals surface area contributed by atoms with Crippen LogP contribution in [-0.2, 0) is 0 Å². The highest BCUT2D eigenvalue weighted by Crippen LogP contribution is 2.31. The molecule has 1 aliphatic rings. The summed E-state index contributed by atoms with van der Waals surface area (Å²) in [5.41, 5.74) is 5.63. The summed E-state index contributed by atoms with van der Waals surface area (Å²) in [6.07, 6.45) is 0.346. The van der Waals surface area contributed by atoms with Crippen LogP contribution >= 0.6 is 0 Å². The topological polar surface area (TPSA) is 66.5 Å².